The first-order chi connectivity index (χ1) is 8.91. The molecule has 3 N–H and O–H groups in total. The molecule has 0 spiro atoms. The van der Waals surface area contributed by atoms with Crippen LogP contribution in [0.15, 0.2) is 17.5 Å². The molecule has 1 aromatic rings. The van der Waals surface area contributed by atoms with Crippen molar-refractivity contribution in [3.63, 3.8) is 0 Å². The van der Waals surface area contributed by atoms with Crippen LogP contribution >= 0.6 is 0 Å². The maximum atomic E-state index is 8.58. The SMILES string of the molecule is CC(C)(C)C1CCN(c2cnc(C(N)=NO)cn2)C1. The normalized spacial score (nSPS) is 20.9. The smallest absolute Gasteiger partial charge is 0.190 e. The summed E-state index contributed by atoms with van der Waals surface area (Å²) in [6.07, 6.45) is 4.39. The van der Waals surface area contributed by atoms with Crippen molar-refractivity contribution in [2.45, 2.75) is 27.2 Å². The summed E-state index contributed by atoms with van der Waals surface area (Å²) in [4.78, 5) is 10.7. The van der Waals surface area contributed by atoms with Crippen molar-refractivity contribution >= 4 is 11.7 Å². The van der Waals surface area contributed by atoms with Gasteiger partial charge in [-0.15, -0.1) is 0 Å². The Labute approximate surface area is 113 Å². The molecule has 1 unspecified atom stereocenters. The average Bonchev–Trinajstić information content (AvgIpc) is 2.87. The molecule has 0 aliphatic carbocycles. The van der Waals surface area contributed by atoms with E-state index < -0.39 is 0 Å². The van der Waals surface area contributed by atoms with Gasteiger partial charge in [-0.1, -0.05) is 25.9 Å². The van der Waals surface area contributed by atoms with Crippen molar-refractivity contribution in [1.82, 2.24) is 9.97 Å². The maximum absolute atomic E-state index is 8.58. The number of oxime groups is 1. The minimum Gasteiger partial charge on any atom is -0.409 e. The zero-order chi connectivity index (χ0) is 14.0. The average molecular weight is 263 g/mol. The van der Waals surface area contributed by atoms with Crippen LogP contribution < -0.4 is 10.6 Å². The van der Waals surface area contributed by atoms with Gasteiger partial charge in [0.1, 0.15) is 11.5 Å². The second kappa shape index (κ2) is 5.03. The Balaban J connectivity index is 2.08. The van der Waals surface area contributed by atoms with Crippen molar-refractivity contribution in [2.24, 2.45) is 22.2 Å². The highest BCUT2D eigenvalue weighted by Crippen LogP contribution is 2.34. The zero-order valence-electron chi connectivity index (χ0n) is 11.7. The third kappa shape index (κ3) is 2.94. The van der Waals surface area contributed by atoms with Gasteiger partial charge in [-0.3, -0.25) is 0 Å². The van der Waals surface area contributed by atoms with Crippen molar-refractivity contribution in [2.75, 3.05) is 18.0 Å². The van der Waals surface area contributed by atoms with Crippen molar-refractivity contribution in [3.8, 4) is 0 Å². The molecular formula is C13H21N5O. The number of nitrogens with two attached hydrogens (primary N) is 1. The van der Waals surface area contributed by atoms with Crippen molar-refractivity contribution in [3.05, 3.63) is 18.1 Å². The third-order valence-electron chi connectivity index (χ3n) is 3.75. The summed E-state index contributed by atoms with van der Waals surface area (Å²) in [5, 5.41) is 11.5. The molecule has 0 saturated carbocycles. The van der Waals surface area contributed by atoms with E-state index in [2.05, 4.69) is 40.8 Å². The summed E-state index contributed by atoms with van der Waals surface area (Å²) < 4.78 is 0. The van der Waals surface area contributed by atoms with E-state index in [9.17, 15) is 0 Å². The molecule has 0 radical (unpaired) electrons. The molecule has 1 saturated heterocycles. The lowest BCUT2D eigenvalue weighted by atomic mass is 9.80. The monoisotopic (exact) mass is 263 g/mol. The lowest BCUT2D eigenvalue weighted by Gasteiger charge is -2.27. The van der Waals surface area contributed by atoms with Gasteiger partial charge in [0.2, 0.25) is 0 Å². The van der Waals surface area contributed by atoms with Crippen LogP contribution in [0.1, 0.15) is 32.9 Å². The minimum atomic E-state index is -0.0203. The van der Waals surface area contributed by atoms with Crippen LogP contribution in [-0.4, -0.2) is 34.1 Å². The Hall–Kier alpha value is -1.85. The van der Waals surface area contributed by atoms with Gasteiger partial charge < -0.3 is 15.8 Å². The Morgan fingerprint density at radius 1 is 1.42 bits per heavy atom. The number of nitrogens with zero attached hydrogens (tertiary/aromatic N) is 4. The molecular weight excluding hydrogens is 242 g/mol. The second-order valence-electron chi connectivity index (χ2n) is 6.04. The highest BCUT2D eigenvalue weighted by molar-refractivity contribution is 5.94. The second-order valence-corrected chi connectivity index (χ2v) is 6.04. The first-order valence-corrected chi connectivity index (χ1v) is 6.46. The predicted octanol–water partition coefficient (Wildman–Crippen LogP) is 1.44. The summed E-state index contributed by atoms with van der Waals surface area (Å²) >= 11 is 0. The summed E-state index contributed by atoms with van der Waals surface area (Å²) in [7, 11) is 0. The molecule has 19 heavy (non-hydrogen) atoms. The van der Waals surface area contributed by atoms with Gasteiger partial charge in [0.15, 0.2) is 5.84 Å². The Kier molecular flexibility index (Phi) is 3.59. The summed E-state index contributed by atoms with van der Waals surface area (Å²) in [6.45, 7) is 8.82. The zero-order valence-corrected chi connectivity index (χ0v) is 11.7. The topological polar surface area (TPSA) is 87.6 Å². The lowest BCUT2D eigenvalue weighted by molar-refractivity contribution is 0.263. The molecule has 1 fully saturated rings. The molecule has 0 amide bonds. The highest BCUT2D eigenvalue weighted by Gasteiger charge is 2.32. The number of hydrogen-bond acceptors (Lipinski definition) is 5. The van der Waals surface area contributed by atoms with Gasteiger partial charge in [-0.05, 0) is 17.8 Å². The van der Waals surface area contributed by atoms with E-state index in [0.717, 1.165) is 18.9 Å². The quantitative estimate of drug-likeness (QED) is 0.365. The van der Waals surface area contributed by atoms with E-state index in [4.69, 9.17) is 10.9 Å². The molecule has 6 nitrogen and oxygen atoms in total. The minimum absolute atomic E-state index is 0.0203. The molecule has 1 aliphatic heterocycles. The fourth-order valence-corrected chi connectivity index (χ4v) is 2.34. The molecule has 1 aromatic heterocycles. The Bertz CT molecular complexity index is 463. The molecule has 2 rings (SSSR count). The Morgan fingerprint density at radius 3 is 2.63 bits per heavy atom. The number of hydrogen-bond donors (Lipinski definition) is 2. The maximum Gasteiger partial charge on any atom is 0.190 e. The summed E-state index contributed by atoms with van der Waals surface area (Å²) in [5.74, 6) is 1.49. The van der Waals surface area contributed by atoms with Gasteiger partial charge in [-0.2, -0.15) is 0 Å². The van der Waals surface area contributed by atoms with Crippen LogP contribution in [0.2, 0.25) is 0 Å². The largest absolute Gasteiger partial charge is 0.409 e. The molecule has 0 bridgehead atoms. The van der Waals surface area contributed by atoms with Gasteiger partial charge in [0, 0.05) is 13.1 Å². The Morgan fingerprint density at radius 2 is 2.16 bits per heavy atom. The van der Waals surface area contributed by atoms with Gasteiger partial charge in [0.25, 0.3) is 0 Å². The van der Waals surface area contributed by atoms with Crippen molar-refractivity contribution in [1.29, 1.82) is 0 Å². The third-order valence-corrected chi connectivity index (χ3v) is 3.75. The summed E-state index contributed by atoms with van der Waals surface area (Å²) in [6, 6.07) is 0. The molecule has 104 valence electrons. The molecule has 0 aromatic carbocycles. The highest BCUT2D eigenvalue weighted by atomic mass is 16.4. The number of rotatable bonds is 2. The molecule has 6 heteroatoms. The number of anilines is 1. The van der Waals surface area contributed by atoms with Crippen LogP contribution in [0, 0.1) is 11.3 Å². The van der Waals surface area contributed by atoms with Gasteiger partial charge in [-0.25, -0.2) is 9.97 Å². The predicted molar refractivity (Wildman–Crippen MR) is 74.3 cm³/mol. The lowest BCUT2D eigenvalue weighted by Crippen LogP contribution is -2.26. The van der Waals surface area contributed by atoms with E-state index >= 15 is 0 Å². The van der Waals surface area contributed by atoms with E-state index in [1.165, 1.54) is 12.6 Å². The van der Waals surface area contributed by atoms with Crippen LogP contribution in [0.4, 0.5) is 5.82 Å². The van der Waals surface area contributed by atoms with E-state index in [0.29, 0.717) is 17.0 Å². The van der Waals surface area contributed by atoms with Gasteiger partial charge in [0.05, 0.1) is 12.4 Å². The number of amidine groups is 1. The van der Waals surface area contributed by atoms with Crippen molar-refractivity contribution < 1.29 is 5.21 Å². The molecule has 1 atom stereocenters. The van der Waals surface area contributed by atoms with E-state index in [-0.39, 0.29) is 5.84 Å². The standard InChI is InChI=1S/C13H21N5O/c1-13(2,3)9-4-5-18(8-9)11-7-15-10(6-16-11)12(14)17-19/h6-7,9,19H,4-5,8H2,1-3H3,(H2,14,17). The van der Waals surface area contributed by atoms with Crippen LogP contribution in [-0.2, 0) is 0 Å². The van der Waals surface area contributed by atoms with Gasteiger partial charge >= 0.3 is 0 Å². The first-order valence-electron chi connectivity index (χ1n) is 6.46. The van der Waals surface area contributed by atoms with Crippen LogP contribution in [0.3, 0.4) is 0 Å². The molecule has 2 heterocycles. The van der Waals surface area contributed by atoms with E-state index in [1.54, 1.807) is 6.20 Å². The number of aromatic nitrogens is 2. The first kappa shape index (κ1) is 13.6. The van der Waals surface area contributed by atoms with Crippen LogP contribution in [0.25, 0.3) is 0 Å². The molecule has 1 aliphatic rings. The van der Waals surface area contributed by atoms with E-state index in [1.807, 2.05) is 0 Å². The van der Waals surface area contributed by atoms with Crippen LogP contribution in [0.5, 0.6) is 0 Å². The fourth-order valence-electron chi connectivity index (χ4n) is 2.34. The fraction of sp³-hybridized carbons (Fsp3) is 0.615. The summed E-state index contributed by atoms with van der Waals surface area (Å²) in [5.41, 5.74) is 6.16.